The summed E-state index contributed by atoms with van der Waals surface area (Å²) in [6.45, 7) is 1.55. The summed E-state index contributed by atoms with van der Waals surface area (Å²) in [7, 11) is 0. The van der Waals surface area contributed by atoms with Crippen molar-refractivity contribution in [2.75, 3.05) is 6.61 Å². The maximum atomic E-state index is 12.2. The largest absolute Gasteiger partial charge is 0.487 e. The van der Waals surface area contributed by atoms with Crippen LogP contribution in [0.4, 0.5) is 11.4 Å². The molecule has 130 valence electrons. The number of esters is 1. The Morgan fingerprint density at radius 2 is 1.68 bits per heavy atom. The van der Waals surface area contributed by atoms with Crippen LogP contribution in [-0.4, -0.2) is 22.4 Å². The molecule has 0 fully saturated rings. The highest BCUT2D eigenvalue weighted by Crippen LogP contribution is 2.35. The van der Waals surface area contributed by atoms with Crippen molar-refractivity contribution in [1.29, 1.82) is 0 Å². The number of carbonyl (C=O) groups is 1. The van der Waals surface area contributed by atoms with Gasteiger partial charge in [-0.05, 0) is 12.5 Å². The molecule has 2 rings (SSSR count). The molecule has 0 heterocycles. The predicted octanol–water partition coefficient (Wildman–Crippen LogP) is 3.26. The van der Waals surface area contributed by atoms with Gasteiger partial charge in [-0.2, -0.15) is 0 Å². The first kappa shape index (κ1) is 17.9. The summed E-state index contributed by atoms with van der Waals surface area (Å²) in [4.78, 5) is 33.0. The fourth-order valence-corrected chi connectivity index (χ4v) is 2.09. The van der Waals surface area contributed by atoms with Gasteiger partial charge in [-0.3, -0.25) is 20.2 Å². The Hall–Kier alpha value is -3.49. The van der Waals surface area contributed by atoms with Gasteiger partial charge >= 0.3 is 11.7 Å². The van der Waals surface area contributed by atoms with E-state index in [2.05, 4.69) is 0 Å². The van der Waals surface area contributed by atoms with Crippen LogP contribution in [0.3, 0.4) is 0 Å². The summed E-state index contributed by atoms with van der Waals surface area (Å²) >= 11 is 0. The number of hydrogen-bond donors (Lipinski definition) is 0. The SMILES string of the molecule is CCOc1cc([N+](=O)[O-])c(C(=O)OCc2ccccc2)cc1[N+](=O)[O-]. The molecule has 9 nitrogen and oxygen atoms in total. The number of hydrogen-bond acceptors (Lipinski definition) is 7. The van der Waals surface area contributed by atoms with Crippen LogP contribution in [0.25, 0.3) is 0 Å². The molecular weight excluding hydrogens is 332 g/mol. The average Bonchev–Trinajstić information content (AvgIpc) is 2.60. The molecule has 0 aliphatic rings. The van der Waals surface area contributed by atoms with Gasteiger partial charge in [-0.25, -0.2) is 4.79 Å². The van der Waals surface area contributed by atoms with Crippen LogP contribution in [0.1, 0.15) is 22.8 Å². The molecule has 0 bridgehead atoms. The molecule has 25 heavy (non-hydrogen) atoms. The summed E-state index contributed by atoms with van der Waals surface area (Å²) in [5, 5.41) is 22.3. The highest BCUT2D eigenvalue weighted by Gasteiger charge is 2.29. The quantitative estimate of drug-likeness (QED) is 0.428. The van der Waals surface area contributed by atoms with Crippen LogP contribution in [0.15, 0.2) is 42.5 Å². The lowest BCUT2D eigenvalue weighted by molar-refractivity contribution is -0.390. The Labute approximate surface area is 142 Å². The molecule has 0 aromatic heterocycles. The minimum Gasteiger partial charge on any atom is -0.487 e. The molecule has 9 heteroatoms. The smallest absolute Gasteiger partial charge is 0.345 e. The van der Waals surface area contributed by atoms with E-state index in [4.69, 9.17) is 9.47 Å². The fraction of sp³-hybridized carbons (Fsp3) is 0.188. The van der Waals surface area contributed by atoms with Crippen molar-refractivity contribution in [3.05, 3.63) is 73.8 Å². The van der Waals surface area contributed by atoms with Gasteiger partial charge in [-0.1, -0.05) is 30.3 Å². The molecular formula is C16H14N2O7. The molecule has 2 aromatic carbocycles. The standard InChI is InChI=1S/C16H14N2O7/c1-2-24-15-9-13(17(20)21)12(8-14(15)18(22)23)16(19)25-10-11-6-4-3-5-7-11/h3-9H,2,10H2,1H3. The van der Waals surface area contributed by atoms with Gasteiger partial charge in [0.05, 0.1) is 22.5 Å². The second kappa shape index (κ2) is 7.86. The molecule has 0 aliphatic carbocycles. The van der Waals surface area contributed by atoms with Crippen molar-refractivity contribution >= 4 is 17.3 Å². The van der Waals surface area contributed by atoms with Crippen molar-refractivity contribution in [1.82, 2.24) is 0 Å². The summed E-state index contributed by atoms with van der Waals surface area (Å²) in [6, 6.07) is 10.4. The molecule has 0 saturated carbocycles. The minimum absolute atomic E-state index is 0.0792. The summed E-state index contributed by atoms with van der Waals surface area (Å²) < 4.78 is 10.1. The van der Waals surface area contributed by atoms with E-state index in [-0.39, 0.29) is 19.0 Å². The van der Waals surface area contributed by atoms with Crippen molar-refractivity contribution in [3.8, 4) is 5.75 Å². The minimum atomic E-state index is -1.03. The zero-order valence-electron chi connectivity index (χ0n) is 13.2. The van der Waals surface area contributed by atoms with Gasteiger partial charge in [-0.15, -0.1) is 0 Å². The second-order valence-electron chi connectivity index (χ2n) is 4.85. The lowest BCUT2D eigenvalue weighted by Crippen LogP contribution is -2.10. The van der Waals surface area contributed by atoms with Crippen molar-refractivity contribution in [2.24, 2.45) is 0 Å². The van der Waals surface area contributed by atoms with Gasteiger partial charge < -0.3 is 9.47 Å². The number of ether oxygens (including phenoxy) is 2. The Kier molecular flexibility index (Phi) is 5.62. The molecule has 0 atom stereocenters. The molecule has 0 radical (unpaired) electrons. The van der Waals surface area contributed by atoms with Gasteiger partial charge in [0.1, 0.15) is 12.2 Å². The number of nitro groups is 2. The Bertz CT molecular complexity index is 806. The van der Waals surface area contributed by atoms with Crippen LogP contribution in [0, 0.1) is 20.2 Å². The lowest BCUT2D eigenvalue weighted by atomic mass is 10.1. The van der Waals surface area contributed by atoms with Crippen LogP contribution in [0.5, 0.6) is 5.75 Å². The summed E-state index contributed by atoms with van der Waals surface area (Å²) in [5.41, 5.74) is -0.985. The summed E-state index contributed by atoms with van der Waals surface area (Å²) in [5.74, 6) is -1.31. The molecule has 0 spiro atoms. The molecule has 0 unspecified atom stereocenters. The first-order chi connectivity index (χ1) is 11.9. The monoisotopic (exact) mass is 346 g/mol. The van der Waals surface area contributed by atoms with Gasteiger partial charge in [0.15, 0.2) is 0 Å². The molecule has 0 aliphatic heterocycles. The summed E-state index contributed by atoms with van der Waals surface area (Å²) in [6.07, 6.45) is 0. The van der Waals surface area contributed by atoms with E-state index < -0.39 is 32.8 Å². The Balaban J connectivity index is 2.36. The van der Waals surface area contributed by atoms with Gasteiger partial charge in [0.2, 0.25) is 5.75 Å². The fourth-order valence-electron chi connectivity index (χ4n) is 2.09. The molecule has 0 N–H and O–H groups in total. The number of rotatable bonds is 7. The highest BCUT2D eigenvalue weighted by atomic mass is 16.6. The third-order valence-corrected chi connectivity index (χ3v) is 3.20. The van der Waals surface area contributed by atoms with Crippen LogP contribution >= 0.6 is 0 Å². The number of benzene rings is 2. The maximum absolute atomic E-state index is 12.2. The third kappa shape index (κ3) is 4.28. The van der Waals surface area contributed by atoms with Gasteiger partial charge in [0, 0.05) is 6.07 Å². The number of nitro benzene ring substituents is 2. The van der Waals surface area contributed by atoms with E-state index >= 15 is 0 Å². The van der Waals surface area contributed by atoms with Gasteiger partial charge in [0.25, 0.3) is 5.69 Å². The molecule has 0 saturated heterocycles. The number of nitrogens with zero attached hydrogens (tertiary/aromatic N) is 2. The highest BCUT2D eigenvalue weighted by molar-refractivity contribution is 5.95. The van der Waals surface area contributed by atoms with E-state index in [0.29, 0.717) is 5.56 Å². The zero-order chi connectivity index (χ0) is 18.4. The van der Waals surface area contributed by atoms with E-state index in [9.17, 15) is 25.0 Å². The van der Waals surface area contributed by atoms with Crippen LogP contribution in [0.2, 0.25) is 0 Å². The topological polar surface area (TPSA) is 122 Å². The third-order valence-electron chi connectivity index (χ3n) is 3.20. The molecule has 0 amide bonds. The second-order valence-corrected chi connectivity index (χ2v) is 4.85. The molecule has 2 aromatic rings. The van der Waals surface area contributed by atoms with E-state index in [0.717, 1.165) is 12.1 Å². The number of carbonyl (C=O) groups excluding carboxylic acids is 1. The van der Waals surface area contributed by atoms with E-state index in [1.165, 1.54) is 0 Å². The van der Waals surface area contributed by atoms with Crippen molar-refractivity contribution in [3.63, 3.8) is 0 Å². The van der Waals surface area contributed by atoms with Crippen LogP contribution in [-0.2, 0) is 11.3 Å². The first-order valence-corrected chi connectivity index (χ1v) is 7.24. The van der Waals surface area contributed by atoms with Crippen molar-refractivity contribution in [2.45, 2.75) is 13.5 Å². The van der Waals surface area contributed by atoms with Crippen molar-refractivity contribution < 1.29 is 24.1 Å². The first-order valence-electron chi connectivity index (χ1n) is 7.24. The normalized spacial score (nSPS) is 10.1. The zero-order valence-corrected chi connectivity index (χ0v) is 13.2. The average molecular weight is 346 g/mol. The van der Waals surface area contributed by atoms with E-state index in [1.807, 2.05) is 0 Å². The Morgan fingerprint density at radius 3 is 2.24 bits per heavy atom. The Morgan fingerprint density at radius 1 is 1.04 bits per heavy atom. The predicted molar refractivity (Wildman–Crippen MR) is 86.5 cm³/mol. The maximum Gasteiger partial charge on any atom is 0.345 e. The van der Waals surface area contributed by atoms with Crippen LogP contribution < -0.4 is 4.74 Å². The van der Waals surface area contributed by atoms with E-state index in [1.54, 1.807) is 37.3 Å². The lowest BCUT2D eigenvalue weighted by Gasteiger charge is -2.08.